The summed E-state index contributed by atoms with van der Waals surface area (Å²) in [6.07, 6.45) is 2.89. The molecule has 0 spiro atoms. The molecular formula is C16H26N2O. The predicted octanol–water partition coefficient (Wildman–Crippen LogP) is 2.66. The highest BCUT2D eigenvalue weighted by Gasteiger charge is 2.23. The van der Waals surface area contributed by atoms with Crippen LogP contribution in [0.5, 0.6) is 0 Å². The molecule has 2 atom stereocenters. The number of likely N-dealkylation sites (N-methyl/N-ethyl adjacent to an activating group) is 2. The Morgan fingerprint density at radius 3 is 2.84 bits per heavy atom. The highest BCUT2D eigenvalue weighted by molar-refractivity contribution is 5.55. The Kier molecular flexibility index (Phi) is 4.83. The van der Waals surface area contributed by atoms with Gasteiger partial charge in [-0.25, -0.2) is 0 Å². The number of hydrogen-bond acceptors (Lipinski definition) is 3. The van der Waals surface area contributed by atoms with Gasteiger partial charge in [0.25, 0.3) is 0 Å². The van der Waals surface area contributed by atoms with Crippen LogP contribution in [-0.2, 0) is 0 Å². The monoisotopic (exact) mass is 262 g/mol. The van der Waals surface area contributed by atoms with E-state index in [2.05, 4.69) is 36.0 Å². The highest BCUT2D eigenvalue weighted by Crippen LogP contribution is 2.30. The second-order valence-electron chi connectivity index (χ2n) is 5.65. The van der Waals surface area contributed by atoms with Crippen LogP contribution in [0.2, 0.25) is 0 Å². The number of anilines is 1. The molecular weight excluding hydrogens is 236 g/mol. The fourth-order valence-corrected chi connectivity index (χ4v) is 2.96. The minimum Gasteiger partial charge on any atom is -0.388 e. The Labute approximate surface area is 116 Å². The van der Waals surface area contributed by atoms with E-state index in [1.54, 1.807) is 0 Å². The smallest absolute Gasteiger partial charge is 0.0807 e. The molecule has 1 saturated heterocycles. The van der Waals surface area contributed by atoms with E-state index in [1.807, 2.05) is 19.1 Å². The molecule has 19 heavy (non-hydrogen) atoms. The van der Waals surface area contributed by atoms with Crippen molar-refractivity contribution in [3.05, 3.63) is 29.8 Å². The van der Waals surface area contributed by atoms with Gasteiger partial charge in [0, 0.05) is 30.9 Å². The van der Waals surface area contributed by atoms with Crippen molar-refractivity contribution in [3.63, 3.8) is 0 Å². The summed E-state index contributed by atoms with van der Waals surface area (Å²) in [5.74, 6) is 0. The number of aliphatic hydroxyl groups is 1. The Morgan fingerprint density at radius 2 is 2.16 bits per heavy atom. The lowest BCUT2D eigenvalue weighted by molar-refractivity contribution is 0.173. The maximum atomic E-state index is 10.2. The number of likely N-dealkylation sites (tertiary alicyclic amines) is 1. The summed E-state index contributed by atoms with van der Waals surface area (Å²) in [5.41, 5.74) is 2.23. The zero-order chi connectivity index (χ0) is 13.8. The molecule has 2 rings (SSSR count). The molecule has 1 heterocycles. The molecule has 0 aliphatic carbocycles. The fraction of sp³-hybridized carbons (Fsp3) is 0.625. The van der Waals surface area contributed by atoms with Gasteiger partial charge >= 0.3 is 0 Å². The van der Waals surface area contributed by atoms with Crippen molar-refractivity contribution in [2.24, 2.45) is 0 Å². The van der Waals surface area contributed by atoms with Crippen molar-refractivity contribution in [3.8, 4) is 0 Å². The third-order valence-corrected chi connectivity index (χ3v) is 4.21. The van der Waals surface area contributed by atoms with Crippen LogP contribution in [0, 0.1) is 0 Å². The SMILES string of the molecule is CCC(O)c1ccccc1N(C)C1CCCN(C)C1. The van der Waals surface area contributed by atoms with Crippen LogP contribution in [0.25, 0.3) is 0 Å². The van der Waals surface area contributed by atoms with E-state index in [-0.39, 0.29) is 6.10 Å². The topological polar surface area (TPSA) is 26.7 Å². The molecule has 3 heteroatoms. The van der Waals surface area contributed by atoms with Crippen LogP contribution >= 0.6 is 0 Å². The van der Waals surface area contributed by atoms with Crippen molar-refractivity contribution in [2.75, 3.05) is 32.1 Å². The van der Waals surface area contributed by atoms with Gasteiger partial charge in [0.05, 0.1) is 6.10 Å². The third-order valence-electron chi connectivity index (χ3n) is 4.21. The van der Waals surface area contributed by atoms with Crippen molar-refractivity contribution >= 4 is 5.69 Å². The number of hydrogen-bond donors (Lipinski definition) is 1. The minimum atomic E-state index is -0.361. The van der Waals surface area contributed by atoms with E-state index in [0.717, 1.165) is 18.5 Å². The summed E-state index contributed by atoms with van der Waals surface area (Å²) in [4.78, 5) is 4.74. The van der Waals surface area contributed by atoms with Gasteiger partial charge in [-0.15, -0.1) is 0 Å². The maximum Gasteiger partial charge on any atom is 0.0807 e. The molecule has 106 valence electrons. The van der Waals surface area contributed by atoms with E-state index < -0.39 is 0 Å². The zero-order valence-electron chi connectivity index (χ0n) is 12.3. The fourth-order valence-electron chi connectivity index (χ4n) is 2.96. The van der Waals surface area contributed by atoms with Crippen molar-refractivity contribution < 1.29 is 5.11 Å². The summed E-state index contributed by atoms with van der Waals surface area (Å²) in [5, 5.41) is 10.2. The van der Waals surface area contributed by atoms with Gasteiger partial charge < -0.3 is 14.9 Å². The first-order chi connectivity index (χ1) is 9.13. The lowest BCUT2D eigenvalue weighted by Crippen LogP contribution is -2.45. The van der Waals surface area contributed by atoms with Crippen LogP contribution in [-0.4, -0.2) is 43.2 Å². The Hall–Kier alpha value is -1.06. The molecule has 1 aromatic carbocycles. The van der Waals surface area contributed by atoms with E-state index in [0.29, 0.717) is 6.04 Å². The van der Waals surface area contributed by atoms with Gasteiger partial charge in [0.15, 0.2) is 0 Å². The zero-order valence-corrected chi connectivity index (χ0v) is 12.3. The molecule has 1 aliphatic rings. The second-order valence-corrected chi connectivity index (χ2v) is 5.65. The average Bonchev–Trinajstić information content (AvgIpc) is 2.45. The van der Waals surface area contributed by atoms with Gasteiger partial charge in [0.1, 0.15) is 0 Å². The summed E-state index contributed by atoms with van der Waals surface area (Å²) < 4.78 is 0. The minimum absolute atomic E-state index is 0.361. The summed E-state index contributed by atoms with van der Waals surface area (Å²) in [6, 6.07) is 8.79. The van der Waals surface area contributed by atoms with Crippen molar-refractivity contribution in [1.82, 2.24) is 4.90 Å². The first kappa shape index (κ1) is 14.4. The van der Waals surface area contributed by atoms with Crippen LogP contribution in [0.3, 0.4) is 0 Å². The molecule has 0 amide bonds. The van der Waals surface area contributed by atoms with Gasteiger partial charge in [-0.3, -0.25) is 0 Å². The number of benzene rings is 1. The molecule has 1 aromatic rings. The van der Waals surface area contributed by atoms with Crippen LogP contribution in [0.4, 0.5) is 5.69 Å². The maximum absolute atomic E-state index is 10.2. The van der Waals surface area contributed by atoms with Crippen molar-refractivity contribution in [1.29, 1.82) is 0 Å². The van der Waals surface area contributed by atoms with Gasteiger partial charge in [0.2, 0.25) is 0 Å². The molecule has 0 bridgehead atoms. The Balaban J connectivity index is 2.20. The van der Waals surface area contributed by atoms with E-state index in [1.165, 1.54) is 25.1 Å². The standard InChI is InChI=1S/C16H26N2O/c1-4-16(19)14-9-5-6-10-15(14)18(3)13-8-7-11-17(2)12-13/h5-6,9-10,13,16,19H,4,7-8,11-12H2,1-3H3. The van der Waals surface area contributed by atoms with E-state index in [9.17, 15) is 5.11 Å². The average molecular weight is 262 g/mol. The van der Waals surface area contributed by atoms with Crippen LogP contribution in [0.1, 0.15) is 37.9 Å². The van der Waals surface area contributed by atoms with Gasteiger partial charge in [-0.1, -0.05) is 25.1 Å². The lowest BCUT2D eigenvalue weighted by Gasteiger charge is -2.38. The normalized spacial score (nSPS) is 22.2. The molecule has 2 unspecified atom stereocenters. The third kappa shape index (κ3) is 3.28. The molecule has 1 fully saturated rings. The van der Waals surface area contributed by atoms with Crippen LogP contribution in [0.15, 0.2) is 24.3 Å². The lowest BCUT2D eigenvalue weighted by atomic mass is 10.0. The highest BCUT2D eigenvalue weighted by atomic mass is 16.3. The quantitative estimate of drug-likeness (QED) is 0.903. The number of piperidine rings is 1. The predicted molar refractivity (Wildman–Crippen MR) is 80.6 cm³/mol. The molecule has 1 aliphatic heterocycles. The molecule has 1 N–H and O–H groups in total. The van der Waals surface area contributed by atoms with Gasteiger partial charge in [-0.05, 0) is 38.9 Å². The Bertz CT molecular complexity index is 407. The number of nitrogens with zero attached hydrogens (tertiary/aromatic N) is 2. The van der Waals surface area contributed by atoms with Crippen LogP contribution < -0.4 is 4.90 Å². The largest absolute Gasteiger partial charge is 0.388 e. The molecule has 0 radical (unpaired) electrons. The van der Waals surface area contributed by atoms with Crippen molar-refractivity contribution in [2.45, 2.75) is 38.3 Å². The van der Waals surface area contributed by atoms with E-state index >= 15 is 0 Å². The summed E-state index contributed by atoms with van der Waals surface area (Å²) in [7, 11) is 4.35. The molecule has 0 aromatic heterocycles. The molecule has 3 nitrogen and oxygen atoms in total. The number of aliphatic hydroxyl groups excluding tert-OH is 1. The molecule has 0 saturated carbocycles. The summed E-state index contributed by atoms with van der Waals surface area (Å²) in [6.45, 7) is 4.33. The van der Waals surface area contributed by atoms with E-state index in [4.69, 9.17) is 0 Å². The summed E-state index contributed by atoms with van der Waals surface area (Å²) >= 11 is 0. The Morgan fingerprint density at radius 1 is 1.42 bits per heavy atom. The van der Waals surface area contributed by atoms with Gasteiger partial charge in [-0.2, -0.15) is 0 Å². The first-order valence-electron chi connectivity index (χ1n) is 7.31. The first-order valence-corrected chi connectivity index (χ1v) is 7.31. The number of para-hydroxylation sites is 1. The second kappa shape index (κ2) is 6.40. The number of rotatable bonds is 4.